The van der Waals surface area contributed by atoms with Gasteiger partial charge in [-0.2, -0.15) is 25.3 Å². The van der Waals surface area contributed by atoms with Crippen LogP contribution in [0.4, 0.5) is 5.95 Å². The molecule has 1 saturated heterocycles. The lowest BCUT2D eigenvalue weighted by molar-refractivity contribution is 0.272. The normalized spacial score (nSPS) is 21.9. The van der Waals surface area contributed by atoms with Gasteiger partial charge in [0, 0.05) is 37.3 Å². The van der Waals surface area contributed by atoms with E-state index in [9.17, 15) is 0 Å². The van der Waals surface area contributed by atoms with E-state index in [1.807, 2.05) is 0 Å². The Morgan fingerprint density at radius 1 is 1.21 bits per heavy atom. The van der Waals surface area contributed by atoms with Crippen molar-refractivity contribution in [1.29, 1.82) is 5.26 Å². The second-order valence-corrected chi connectivity index (χ2v) is 7.69. The molecule has 0 radical (unpaired) electrons. The second-order valence-electron chi connectivity index (χ2n) is 7.35. The van der Waals surface area contributed by atoms with Crippen LogP contribution in [-0.4, -0.2) is 54.8 Å². The highest BCUT2D eigenvalue weighted by Gasteiger charge is 2.38. The number of piperidine rings is 1. The van der Waals surface area contributed by atoms with Gasteiger partial charge in [-0.05, 0) is 30.9 Å². The third-order valence-corrected chi connectivity index (χ3v) is 5.65. The first-order valence-corrected chi connectivity index (χ1v) is 9.93. The Morgan fingerprint density at radius 3 is 2.83 bits per heavy atom. The van der Waals surface area contributed by atoms with Crippen molar-refractivity contribution in [3.8, 4) is 12.1 Å². The van der Waals surface area contributed by atoms with Crippen LogP contribution in [0.15, 0.2) is 12.4 Å². The third-order valence-electron chi connectivity index (χ3n) is 5.48. The van der Waals surface area contributed by atoms with E-state index in [0.29, 0.717) is 24.1 Å². The van der Waals surface area contributed by atoms with Crippen molar-refractivity contribution >= 4 is 28.7 Å². The van der Waals surface area contributed by atoms with Gasteiger partial charge in [-0.15, -0.1) is 0 Å². The Balaban J connectivity index is 1.25. The molecule has 148 valence electrons. The zero-order chi connectivity index (χ0) is 19.8. The number of H-pyrrole nitrogens is 1. The Hall–Kier alpha value is -3.06. The van der Waals surface area contributed by atoms with Crippen LogP contribution in [0.1, 0.15) is 30.9 Å². The highest BCUT2D eigenvalue weighted by molar-refractivity contribution is 6.28. The van der Waals surface area contributed by atoms with Gasteiger partial charge in [-0.3, -0.25) is 5.10 Å². The average Bonchev–Trinajstić information content (AvgIpc) is 3.39. The minimum Gasteiger partial charge on any atom is -0.463 e. The lowest BCUT2D eigenvalue weighted by Gasteiger charge is -2.31. The van der Waals surface area contributed by atoms with Crippen LogP contribution in [-0.2, 0) is 0 Å². The minimum absolute atomic E-state index is 0.0774. The Morgan fingerprint density at radius 2 is 2.03 bits per heavy atom. The van der Waals surface area contributed by atoms with E-state index < -0.39 is 0 Å². The summed E-state index contributed by atoms with van der Waals surface area (Å²) in [7, 11) is 0. The van der Waals surface area contributed by atoms with Gasteiger partial charge < -0.3 is 9.64 Å². The maximum Gasteiger partial charge on any atom is 0.322 e. The van der Waals surface area contributed by atoms with Crippen LogP contribution in [0.2, 0.25) is 5.28 Å². The Labute approximate surface area is 171 Å². The summed E-state index contributed by atoms with van der Waals surface area (Å²) >= 11 is 6.08. The fourth-order valence-electron chi connectivity index (χ4n) is 3.71. The summed E-state index contributed by atoms with van der Waals surface area (Å²) in [6.07, 6.45) is 5.98. The molecule has 0 bridgehead atoms. The first kappa shape index (κ1) is 18.0. The van der Waals surface area contributed by atoms with Crippen LogP contribution in [0.5, 0.6) is 6.01 Å². The van der Waals surface area contributed by atoms with Gasteiger partial charge in [0.05, 0.1) is 24.3 Å². The Kier molecular flexibility index (Phi) is 4.60. The van der Waals surface area contributed by atoms with Gasteiger partial charge in [0.25, 0.3) is 0 Å². The predicted molar refractivity (Wildman–Crippen MR) is 103 cm³/mol. The molecule has 11 heteroatoms. The highest BCUT2D eigenvalue weighted by atomic mass is 35.5. The van der Waals surface area contributed by atoms with Gasteiger partial charge in [-0.1, -0.05) is 0 Å². The number of nitrogens with zero attached hydrogens (tertiary/aromatic N) is 8. The number of rotatable bonds is 5. The molecule has 1 saturated carbocycles. The van der Waals surface area contributed by atoms with Gasteiger partial charge in [0.2, 0.25) is 11.2 Å². The molecule has 1 N–H and O–H groups in total. The fourth-order valence-corrected chi connectivity index (χ4v) is 3.86. The van der Waals surface area contributed by atoms with Gasteiger partial charge >= 0.3 is 6.01 Å². The quantitative estimate of drug-likeness (QED) is 0.670. The molecule has 2 atom stereocenters. The van der Waals surface area contributed by atoms with Crippen molar-refractivity contribution in [2.45, 2.75) is 25.2 Å². The summed E-state index contributed by atoms with van der Waals surface area (Å²) in [5, 5.41) is 16.4. The van der Waals surface area contributed by atoms with Crippen molar-refractivity contribution in [2.24, 2.45) is 11.8 Å². The van der Waals surface area contributed by atoms with Crippen LogP contribution in [0.25, 0.3) is 11.2 Å². The number of halogens is 1. The SMILES string of the molecule is N#C[C@@H]1C[C@@H]1COc1nc(Cl)nc(N2CCC(c3n[nH]c4nccnc34)CC2)n1. The molecule has 3 aromatic rings. The predicted octanol–water partition coefficient (Wildman–Crippen LogP) is 2.11. The van der Waals surface area contributed by atoms with E-state index >= 15 is 0 Å². The molecule has 29 heavy (non-hydrogen) atoms. The van der Waals surface area contributed by atoms with Crippen molar-refractivity contribution in [3.63, 3.8) is 0 Å². The molecule has 2 aliphatic rings. The van der Waals surface area contributed by atoms with Crippen LogP contribution >= 0.6 is 11.6 Å². The van der Waals surface area contributed by atoms with Gasteiger partial charge in [0.15, 0.2) is 5.65 Å². The van der Waals surface area contributed by atoms with E-state index in [-0.39, 0.29) is 23.1 Å². The summed E-state index contributed by atoms with van der Waals surface area (Å²) in [6.45, 7) is 1.95. The number of nitrogens with one attached hydrogen (secondary N) is 1. The number of nitriles is 1. The van der Waals surface area contributed by atoms with Crippen molar-refractivity contribution < 1.29 is 4.74 Å². The molecular weight excluding hydrogens is 394 g/mol. The molecule has 1 aliphatic carbocycles. The molecule has 5 rings (SSSR count). The summed E-state index contributed by atoms with van der Waals surface area (Å²) in [6, 6.07) is 2.45. The van der Waals surface area contributed by atoms with Gasteiger partial charge in [-0.25, -0.2) is 9.97 Å². The number of aromatic amines is 1. The van der Waals surface area contributed by atoms with Crippen LogP contribution in [0, 0.1) is 23.2 Å². The second kappa shape index (κ2) is 7.40. The zero-order valence-corrected chi connectivity index (χ0v) is 16.2. The van der Waals surface area contributed by atoms with Crippen molar-refractivity contribution in [1.82, 2.24) is 35.1 Å². The first-order chi connectivity index (χ1) is 14.2. The van der Waals surface area contributed by atoms with E-state index in [0.717, 1.165) is 43.6 Å². The summed E-state index contributed by atoms with van der Waals surface area (Å²) in [5.41, 5.74) is 2.51. The average molecular weight is 412 g/mol. The Bertz CT molecular complexity index is 1070. The standard InChI is InChI=1S/C18H18ClN9O/c19-16-23-17(25-18(24-16)29-9-12-7-11(12)8-20)28-5-1-10(2-6-28)13-14-15(27-26-13)22-4-3-21-14/h3-4,10-12H,1-2,5-7,9H2,(H,22,26,27)/t11-,12+/m0/s1. The van der Waals surface area contributed by atoms with E-state index in [2.05, 4.69) is 46.1 Å². The van der Waals surface area contributed by atoms with E-state index in [4.69, 9.17) is 21.6 Å². The first-order valence-electron chi connectivity index (χ1n) is 9.55. The van der Waals surface area contributed by atoms with E-state index in [1.54, 1.807) is 12.4 Å². The zero-order valence-electron chi connectivity index (χ0n) is 15.5. The van der Waals surface area contributed by atoms with Crippen LogP contribution in [0.3, 0.4) is 0 Å². The molecule has 2 fully saturated rings. The molecule has 0 spiro atoms. The number of anilines is 1. The van der Waals surface area contributed by atoms with Gasteiger partial charge in [0.1, 0.15) is 5.52 Å². The number of aromatic nitrogens is 7. The van der Waals surface area contributed by atoms with Crippen molar-refractivity contribution in [2.75, 3.05) is 24.6 Å². The molecular formula is C18H18ClN9O. The maximum absolute atomic E-state index is 8.89. The summed E-state index contributed by atoms with van der Waals surface area (Å²) in [5.74, 6) is 1.13. The van der Waals surface area contributed by atoms with Crippen LogP contribution < -0.4 is 9.64 Å². The minimum atomic E-state index is 0.0774. The fraction of sp³-hybridized carbons (Fsp3) is 0.500. The highest BCUT2D eigenvalue weighted by Crippen LogP contribution is 2.38. The maximum atomic E-state index is 8.89. The molecule has 10 nitrogen and oxygen atoms in total. The molecule has 0 amide bonds. The number of hydrogen-bond donors (Lipinski definition) is 1. The third kappa shape index (κ3) is 3.65. The van der Waals surface area contributed by atoms with Crippen molar-refractivity contribution in [3.05, 3.63) is 23.4 Å². The molecule has 4 heterocycles. The smallest absolute Gasteiger partial charge is 0.322 e. The number of ether oxygens (including phenoxy) is 1. The number of hydrogen-bond acceptors (Lipinski definition) is 9. The number of fused-ring (bicyclic) bond motifs is 1. The molecule has 0 aromatic carbocycles. The molecule has 1 aliphatic heterocycles. The summed E-state index contributed by atoms with van der Waals surface area (Å²) < 4.78 is 5.65. The lowest BCUT2D eigenvalue weighted by atomic mass is 9.93. The molecule has 0 unspecified atom stereocenters. The van der Waals surface area contributed by atoms with E-state index in [1.165, 1.54) is 0 Å². The lowest BCUT2D eigenvalue weighted by Crippen LogP contribution is -2.34. The topological polar surface area (TPSA) is 129 Å². The largest absolute Gasteiger partial charge is 0.463 e. The molecule has 3 aromatic heterocycles. The monoisotopic (exact) mass is 411 g/mol. The summed E-state index contributed by atoms with van der Waals surface area (Å²) in [4.78, 5) is 23.5.